The monoisotopic (exact) mass is 250 g/mol. The minimum Gasteiger partial charge on any atom is -0.337 e. The number of likely N-dealkylation sites (N-methyl/N-ethyl adjacent to an activating group) is 1. The van der Waals surface area contributed by atoms with Gasteiger partial charge in [0.2, 0.25) is 0 Å². The Morgan fingerprint density at radius 2 is 2.00 bits per heavy atom. The molecule has 0 N–H and O–H groups in total. The van der Waals surface area contributed by atoms with E-state index in [2.05, 4.69) is 11.8 Å². The summed E-state index contributed by atoms with van der Waals surface area (Å²) in [5.74, 6) is -0.233. The number of nitrogens with zero attached hydrogens (tertiary/aromatic N) is 2. The van der Waals surface area contributed by atoms with Crippen molar-refractivity contribution < 1.29 is 9.18 Å². The van der Waals surface area contributed by atoms with Gasteiger partial charge in [0.1, 0.15) is 5.82 Å². The van der Waals surface area contributed by atoms with Gasteiger partial charge in [-0.15, -0.1) is 0 Å². The van der Waals surface area contributed by atoms with Gasteiger partial charge in [-0.3, -0.25) is 4.79 Å². The summed E-state index contributed by atoms with van der Waals surface area (Å²) in [5, 5.41) is 0. The van der Waals surface area contributed by atoms with E-state index in [0.717, 1.165) is 0 Å². The van der Waals surface area contributed by atoms with Crippen molar-refractivity contribution in [1.29, 1.82) is 0 Å². The van der Waals surface area contributed by atoms with E-state index in [9.17, 15) is 9.18 Å². The zero-order chi connectivity index (χ0) is 13.3. The molecule has 0 radical (unpaired) electrons. The smallest absolute Gasteiger partial charge is 0.256 e. The summed E-state index contributed by atoms with van der Waals surface area (Å²) in [7, 11) is 4.02. The Morgan fingerprint density at radius 1 is 1.33 bits per heavy atom. The first-order valence-corrected chi connectivity index (χ1v) is 6.21. The fraction of sp³-hybridized carbons (Fsp3) is 0.500. The molecular weight excluding hydrogens is 231 g/mol. The maximum absolute atomic E-state index is 13.6. The van der Waals surface area contributed by atoms with Crippen molar-refractivity contribution in [3.8, 4) is 0 Å². The first-order valence-electron chi connectivity index (χ1n) is 6.21. The molecule has 0 saturated carbocycles. The average molecular weight is 250 g/mol. The van der Waals surface area contributed by atoms with Crippen LogP contribution in [0, 0.1) is 11.7 Å². The van der Waals surface area contributed by atoms with Gasteiger partial charge in [0.15, 0.2) is 0 Å². The van der Waals surface area contributed by atoms with Gasteiger partial charge in [0, 0.05) is 19.1 Å². The van der Waals surface area contributed by atoms with Crippen molar-refractivity contribution in [3.05, 3.63) is 35.6 Å². The molecule has 0 bridgehead atoms. The number of benzene rings is 1. The fourth-order valence-corrected chi connectivity index (χ4v) is 2.59. The predicted molar refractivity (Wildman–Crippen MR) is 68.9 cm³/mol. The molecule has 2 rings (SSSR count). The highest BCUT2D eigenvalue weighted by atomic mass is 19.1. The molecule has 1 aliphatic heterocycles. The molecule has 4 heteroatoms. The van der Waals surface area contributed by atoms with Crippen LogP contribution in [0.5, 0.6) is 0 Å². The normalized spacial score (nSPS) is 23.7. The van der Waals surface area contributed by atoms with Crippen molar-refractivity contribution in [2.45, 2.75) is 13.0 Å². The van der Waals surface area contributed by atoms with Gasteiger partial charge in [-0.05, 0) is 32.1 Å². The van der Waals surface area contributed by atoms with Crippen LogP contribution in [0.15, 0.2) is 24.3 Å². The van der Waals surface area contributed by atoms with E-state index < -0.39 is 5.82 Å². The Bertz CT molecular complexity index is 447. The number of carbonyl (C=O) groups is 1. The minimum atomic E-state index is -0.441. The van der Waals surface area contributed by atoms with Gasteiger partial charge in [0.05, 0.1) is 5.56 Å². The SMILES string of the molecule is CC1CN(C(=O)c2ccccc2F)CC1N(C)C. The molecule has 1 aromatic carbocycles. The third-order valence-electron chi connectivity index (χ3n) is 3.63. The maximum atomic E-state index is 13.6. The van der Waals surface area contributed by atoms with Gasteiger partial charge in [-0.1, -0.05) is 19.1 Å². The molecule has 1 heterocycles. The summed E-state index contributed by atoms with van der Waals surface area (Å²) in [6.45, 7) is 3.48. The van der Waals surface area contributed by atoms with Crippen molar-refractivity contribution in [2.75, 3.05) is 27.2 Å². The number of hydrogen-bond donors (Lipinski definition) is 0. The fourth-order valence-electron chi connectivity index (χ4n) is 2.59. The molecule has 1 aromatic rings. The molecule has 2 unspecified atom stereocenters. The van der Waals surface area contributed by atoms with E-state index in [4.69, 9.17) is 0 Å². The van der Waals surface area contributed by atoms with Crippen LogP contribution in [0.2, 0.25) is 0 Å². The van der Waals surface area contributed by atoms with Crippen LogP contribution in [0.3, 0.4) is 0 Å². The molecule has 1 aliphatic rings. The Hall–Kier alpha value is -1.42. The van der Waals surface area contributed by atoms with E-state index in [1.807, 2.05) is 14.1 Å². The number of rotatable bonds is 2. The van der Waals surface area contributed by atoms with Crippen molar-refractivity contribution in [1.82, 2.24) is 9.80 Å². The van der Waals surface area contributed by atoms with Gasteiger partial charge in [0.25, 0.3) is 5.91 Å². The van der Waals surface area contributed by atoms with E-state index in [0.29, 0.717) is 25.0 Å². The summed E-state index contributed by atoms with van der Waals surface area (Å²) in [6, 6.07) is 6.52. The Labute approximate surface area is 107 Å². The molecule has 98 valence electrons. The van der Waals surface area contributed by atoms with Crippen molar-refractivity contribution >= 4 is 5.91 Å². The van der Waals surface area contributed by atoms with Crippen LogP contribution in [0.4, 0.5) is 4.39 Å². The second kappa shape index (κ2) is 5.06. The van der Waals surface area contributed by atoms with Crippen LogP contribution in [0.1, 0.15) is 17.3 Å². The topological polar surface area (TPSA) is 23.6 Å². The Morgan fingerprint density at radius 3 is 2.56 bits per heavy atom. The largest absolute Gasteiger partial charge is 0.337 e. The summed E-state index contributed by atoms with van der Waals surface area (Å²) in [6.07, 6.45) is 0. The average Bonchev–Trinajstić information content (AvgIpc) is 2.71. The van der Waals surface area contributed by atoms with Gasteiger partial charge < -0.3 is 9.80 Å². The molecule has 3 nitrogen and oxygen atoms in total. The minimum absolute atomic E-state index is 0.170. The Kier molecular flexibility index (Phi) is 3.66. The number of amides is 1. The number of halogens is 1. The number of hydrogen-bond acceptors (Lipinski definition) is 2. The van der Waals surface area contributed by atoms with Crippen LogP contribution < -0.4 is 0 Å². The molecule has 1 saturated heterocycles. The highest BCUT2D eigenvalue weighted by Gasteiger charge is 2.34. The molecule has 1 fully saturated rings. The Balaban J connectivity index is 2.15. The highest BCUT2D eigenvalue weighted by Crippen LogP contribution is 2.22. The molecule has 2 atom stereocenters. The van der Waals surface area contributed by atoms with Gasteiger partial charge in [-0.25, -0.2) is 4.39 Å². The second-order valence-corrected chi connectivity index (χ2v) is 5.20. The molecular formula is C14H19FN2O. The summed E-state index contributed by atoms with van der Waals surface area (Å²) in [5.41, 5.74) is 0.170. The molecule has 0 aromatic heterocycles. The van der Waals surface area contributed by atoms with Crippen molar-refractivity contribution in [2.24, 2.45) is 5.92 Å². The third-order valence-corrected chi connectivity index (χ3v) is 3.63. The molecule has 1 amide bonds. The highest BCUT2D eigenvalue weighted by molar-refractivity contribution is 5.94. The lowest BCUT2D eigenvalue weighted by molar-refractivity contribution is 0.0777. The molecule has 0 spiro atoms. The van der Waals surface area contributed by atoms with Gasteiger partial charge >= 0.3 is 0 Å². The van der Waals surface area contributed by atoms with Crippen LogP contribution >= 0.6 is 0 Å². The lowest BCUT2D eigenvalue weighted by atomic mass is 10.1. The maximum Gasteiger partial charge on any atom is 0.256 e. The first kappa shape index (κ1) is 13.0. The van der Waals surface area contributed by atoms with Crippen LogP contribution in [0.25, 0.3) is 0 Å². The van der Waals surface area contributed by atoms with E-state index >= 15 is 0 Å². The van der Waals surface area contributed by atoms with Crippen LogP contribution in [-0.2, 0) is 0 Å². The summed E-state index contributed by atoms with van der Waals surface area (Å²) >= 11 is 0. The van der Waals surface area contributed by atoms with E-state index in [-0.39, 0.29) is 11.5 Å². The van der Waals surface area contributed by atoms with Gasteiger partial charge in [-0.2, -0.15) is 0 Å². The quantitative estimate of drug-likeness (QED) is 0.799. The summed E-state index contributed by atoms with van der Waals surface area (Å²) in [4.78, 5) is 16.1. The van der Waals surface area contributed by atoms with E-state index in [1.165, 1.54) is 6.07 Å². The predicted octanol–water partition coefficient (Wildman–Crippen LogP) is 1.85. The van der Waals surface area contributed by atoms with Crippen molar-refractivity contribution in [3.63, 3.8) is 0 Å². The lowest BCUT2D eigenvalue weighted by Gasteiger charge is -2.22. The van der Waals surface area contributed by atoms with Crippen LogP contribution in [-0.4, -0.2) is 48.9 Å². The number of likely N-dealkylation sites (tertiary alicyclic amines) is 1. The second-order valence-electron chi connectivity index (χ2n) is 5.20. The third kappa shape index (κ3) is 2.38. The zero-order valence-electron chi connectivity index (χ0n) is 11.1. The number of carbonyl (C=O) groups excluding carboxylic acids is 1. The lowest BCUT2D eigenvalue weighted by Crippen LogP contribution is -2.36. The molecule has 0 aliphatic carbocycles. The summed E-state index contributed by atoms with van der Waals surface area (Å²) < 4.78 is 13.6. The first-order chi connectivity index (χ1) is 8.50. The molecule has 18 heavy (non-hydrogen) atoms. The van der Waals surface area contributed by atoms with E-state index in [1.54, 1.807) is 23.1 Å². The standard InChI is InChI=1S/C14H19FN2O/c1-10-8-17(9-13(10)16(2)3)14(18)11-6-4-5-7-12(11)15/h4-7,10,13H,8-9H2,1-3H3. The zero-order valence-corrected chi connectivity index (χ0v) is 11.1.